The average Bonchev–Trinajstić information content (AvgIpc) is 2.47. The van der Waals surface area contributed by atoms with E-state index in [0.29, 0.717) is 11.6 Å². The van der Waals surface area contributed by atoms with Crippen LogP contribution in [-0.4, -0.2) is 31.1 Å². The summed E-state index contributed by atoms with van der Waals surface area (Å²) in [5.74, 6) is -0.672. The summed E-state index contributed by atoms with van der Waals surface area (Å²) in [6.45, 7) is 7.12. The van der Waals surface area contributed by atoms with Gasteiger partial charge in [-0.25, -0.2) is 4.39 Å². The summed E-state index contributed by atoms with van der Waals surface area (Å²) in [4.78, 5) is 2.15. The van der Waals surface area contributed by atoms with Crippen LogP contribution in [0.1, 0.15) is 37.4 Å². The maximum Gasteiger partial charge on any atom is 0.416 e. The Hall–Kier alpha value is -1.14. The molecule has 0 spiro atoms. The molecule has 1 aromatic rings. The van der Waals surface area contributed by atoms with Gasteiger partial charge in [0.15, 0.2) is 0 Å². The maximum absolute atomic E-state index is 13.7. The molecule has 0 aromatic heterocycles. The summed E-state index contributed by atoms with van der Waals surface area (Å²) in [6, 6.07) is 2.72. The van der Waals surface area contributed by atoms with Gasteiger partial charge in [0, 0.05) is 32.2 Å². The lowest BCUT2D eigenvalue weighted by atomic mass is 9.89. The van der Waals surface area contributed by atoms with E-state index in [0.717, 1.165) is 38.7 Å². The molecular formula is C16H22F4N2. The molecular weight excluding hydrogens is 296 g/mol. The molecule has 1 aliphatic rings. The topological polar surface area (TPSA) is 15.3 Å². The third-order valence-electron chi connectivity index (χ3n) is 4.32. The number of rotatable bonds is 4. The molecule has 1 N–H and O–H groups in total. The van der Waals surface area contributed by atoms with Gasteiger partial charge in [0.05, 0.1) is 5.56 Å². The first-order valence-electron chi connectivity index (χ1n) is 7.65. The molecule has 1 unspecified atom stereocenters. The van der Waals surface area contributed by atoms with Gasteiger partial charge in [-0.15, -0.1) is 0 Å². The van der Waals surface area contributed by atoms with E-state index in [9.17, 15) is 17.6 Å². The molecule has 0 radical (unpaired) electrons. The molecule has 124 valence electrons. The van der Waals surface area contributed by atoms with Crippen molar-refractivity contribution < 1.29 is 17.6 Å². The van der Waals surface area contributed by atoms with Crippen LogP contribution in [0.2, 0.25) is 0 Å². The van der Waals surface area contributed by atoms with E-state index in [-0.39, 0.29) is 12.0 Å². The Labute approximate surface area is 128 Å². The van der Waals surface area contributed by atoms with Crippen LogP contribution >= 0.6 is 0 Å². The van der Waals surface area contributed by atoms with Crippen molar-refractivity contribution in [3.8, 4) is 0 Å². The standard InChI is InChI=1S/C16H22F4N2/c1-3-11(2)15(22-6-4-21-5-7-22)12-8-13(16(18,19)20)10-14(17)9-12/h8-11,15,21H,3-7H2,1-2H3/t11?,15-/m0/s1. The number of hydrogen-bond donors (Lipinski definition) is 1. The lowest BCUT2D eigenvalue weighted by Gasteiger charge is -2.38. The van der Waals surface area contributed by atoms with Gasteiger partial charge in [-0.1, -0.05) is 20.3 Å². The summed E-state index contributed by atoms with van der Waals surface area (Å²) < 4.78 is 52.6. The Balaban J connectivity index is 2.40. The van der Waals surface area contributed by atoms with Crippen LogP contribution in [0.15, 0.2) is 18.2 Å². The van der Waals surface area contributed by atoms with Crippen molar-refractivity contribution in [2.45, 2.75) is 32.5 Å². The fourth-order valence-corrected chi connectivity index (χ4v) is 3.03. The van der Waals surface area contributed by atoms with Gasteiger partial charge in [0.1, 0.15) is 5.82 Å². The highest BCUT2D eigenvalue weighted by atomic mass is 19.4. The summed E-state index contributed by atoms with van der Waals surface area (Å²) in [5.41, 5.74) is -0.491. The molecule has 2 atom stereocenters. The van der Waals surface area contributed by atoms with Gasteiger partial charge in [-0.05, 0) is 29.7 Å². The number of nitrogens with zero attached hydrogens (tertiary/aromatic N) is 1. The number of halogens is 4. The van der Waals surface area contributed by atoms with E-state index in [1.807, 2.05) is 13.8 Å². The van der Waals surface area contributed by atoms with Crippen LogP contribution in [-0.2, 0) is 6.18 Å². The van der Waals surface area contributed by atoms with Gasteiger partial charge < -0.3 is 5.32 Å². The normalized spacial score (nSPS) is 19.9. The zero-order valence-corrected chi connectivity index (χ0v) is 12.9. The van der Waals surface area contributed by atoms with Gasteiger partial charge in [-0.2, -0.15) is 13.2 Å². The Morgan fingerprint density at radius 3 is 2.36 bits per heavy atom. The number of alkyl halides is 3. The zero-order chi connectivity index (χ0) is 16.3. The molecule has 0 aliphatic carbocycles. The summed E-state index contributed by atoms with van der Waals surface area (Å²) in [5, 5.41) is 3.23. The molecule has 1 aliphatic heterocycles. The lowest BCUT2D eigenvalue weighted by Crippen LogP contribution is -2.46. The molecule has 1 saturated heterocycles. The third-order valence-corrected chi connectivity index (χ3v) is 4.32. The van der Waals surface area contributed by atoms with E-state index >= 15 is 0 Å². The van der Waals surface area contributed by atoms with E-state index < -0.39 is 17.6 Å². The fourth-order valence-electron chi connectivity index (χ4n) is 3.03. The molecule has 22 heavy (non-hydrogen) atoms. The number of benzene rings is 1. The minimum Gasteiger partial charge on any atom is -0.314 e. The quantitative estimate of drug-likeness (QED) is 0.849. The molecule has 1 fully saturated rings. The average molecular weight is 318 g/mol. The van der Waals surface area contributed by atoms with Crippen molar-refractivity contribution >= 4 is 0 Å². The molecule has 0 bridgehead atoms. The first kappa shape index (κ1) is 17.2. The van der Waals surface area contributed by atoms with Crippen molar-refractivity contribution in [3.63, 3.8) is 0 Å². The van der Waals surface area contributed by atoms with Gasteiger partial charge >= 0.3 is 6.18 Å². The van der Waals surface area contributed by atoms with Crippen LogP contribution in [0, 0.1) is 11.7 Å². The van der Waals surface area contributed by atoms with Crippen LogP contribution in [0.4, 0.5) is 17.6 Å². The monoisotopic (exact) mass is 318 g/mol. The van der Waals surface area contributed by atoms with Crippen molar-refractivity contribution in [1.29, 1.82) is 0 Å². The largest absolute Gasteiger partial charge is 0.416 e. The van der Waals surface area contributed by atoms with Crippen LogP contribution in [0.3, 0.4) is 0 Å². The maximum atomic E-state index is 13.7. The highest BCUT2D eigenvalue weighted by Gasteiger charge is 2.34. The summed E-state index contributed by atoms with van der Waals surface area (Å²) >= 11 is 0. The van der Waals surface area contributed by atoms with E-state index in [1.54, 1.807) is 0 Å². The van der Waals surface area contributed by atoms with Gasteiger partial charge in [0.2, 0.25) is 0 Å². The van der Waals surface area contributed by atoms with Crippen molar-refractivity contribution in [3.05, 3.63) is 35.1 Å². The Morgan fingerprint density at radius 1 is 1.18 bits per heavy atom. The van der Waals surface area contributed by atoms with E-state index in [1.165, 1.54) is 6.07 Å². The molecule has 6 heteroatoms. The predicted molar refractivity (Wildman–Crippen MR) is 78.0 cm³/mol. The number of hydrogen-bond acceptors (Lipinski definition) is 2. The number of nitrogens with one attached hydrogen (secondary N) is 1. The second kappa shape index (κ2) is 6.96. The third kappa shape index (κ3) is 3.98. The highest BCUT2D eigenvalue weighted by Crippen LogP contribution is 2.36. The lowest BCUT2D eigenvalue weighted by molar-refractivity contribution is -0.137. The van der Waals surface area contributed by atoms with Crippen molar-refractivity contribution in [2.75, 3.05) is 26.2 Å². The number of piperazine rings is 1. The zero-order valence-electron chi connectivity index (χ0n) is 12.9. The second-order valence-corrected chi connectivity index (χ2v) is 5.89. The Kier molecular flexibility index (Phi) is 5.45. The summed E-state index contributed by atoms with van der Waals surface area (Å²) in [6.07, 6.45) is -3.70. The molecule has 0 saturated carbocycles. The minimum atomic E-state index is -4.53. The summed E-state index contributed by atoms with van der Waals surface area (Å²) in [7, 11) is 0. The van der Waals surface area contributed by atoms with Crippen LogP contribution in [0.5, 0.6) is 0 Å². The molecule has 1 aromatic carbocycles. The molecule has 2 nitrogen and oxygen atoms in total. The van der Waals surface area contributed by atoms with E-state index in [2.05, 4.69) is 10.2 Å². The highest BCUT2D eigenvalue weighted by molar-refractivity contribution is 5.29. The van der Waals surface area contributed by atoms with Crippen LogP contribution in [0.25, 0.3) is 0 Å². The van der Waals surface area contributed by atoms with Crippen molar-refractivity contribution in [2.24, 2.45) is 5.92 Å². The first-order chi connectivity index (χ1) is 10.3. The SMILES string of the molecule is CCC(C)[C@@H](c1cc(F)cc(C(F)(F)F)c1)N1CCNCC1. The first-order valence-corrected chi connectivity index (χ1v) is 7.65. The van der Waals surface area contributed by atoms with Gasteiger partial charge in [-0.3, -0.25) is 4.90 Å². The smallest absolute Gasteiger partial charge is 0.314 e. The predicted octanol–water partition coefficient (Wildman–Crippen LogP) is 3.84. The minimum absolute atomic E-state index is 0.154. The molecule has 0 amide bonds. The Morgan fingerprint density at radius 2 is 1.82 bits per heavy atom. The molecule has 1 heterocycles. The Bertz CT molecular complexity index is 495. The van der Waals surface area contributed by atoms with Gasteiger partial charge in [0.25, 0.3) is 0 Å². The van der Waals surface area contributed by atoms with Crippen molar-refractivity contribution in [1.82, 2.24) is 10.2 Å². The second-order valence-electron chi connectivity index (χ2n) is 5.89. The fraction of sp³-hybridized carbons (Fsp3) is 0.625. The van der Waals surface area contributed by atoms with Crippen LogP contribution < -0.4 is 5.32 Å². The molecule has 2 rings (SSSR count). The van der Waals surface area contributed by atoms with E-state index in [4.69, 9.17) is 0 Å².